The molecule has 1 aliphatic rings. The third-order valence-corrected chi connectivity index (χ3v) is 3.04. The lowest BCUT2D eigenvalue weighted by Gasteiger charge is -2.42. The third-order valence-electron chi connectivity index (χ3n) is 3.04. The molecule has 0 unspecified atom stereocenters. The SMILES string of the molecule is C=C(N[C@H](C)C(C)C)N1CC(C(F)F)C1. The molecule has 0 spiro atoms. The van der Waals surface area contributed by atoms with Gasteiger partial charge in [0.15, 0.2) is 0 Å². The maximum atomic E-state index is 12.2. The summed E-state index contributed by atoms with van der Waals surface area (Å²) in [5.74, 6) is 0.805. The van der Waals surface area contributed by atoms with E-state index in [4.69, 9.17) is 0 Å². The molecule has 1 saturated heterocycles. The Balaban J connectivity index is 2.27. The van der Waals surface area contributed by atoms with Gasteiger partial charge in [-0.15, -0.1) is 0 Å². The summed E-state index contributed by atoms with van der Waals surface area (Å²) in [4.78, 5) is 1.87. The van der Waals surface area contributed by atoms with Gasteiger partial charge in [-0.2, -0.15) is 0 Å². The number of nitrogens with one attached hydrogen (secondary N) is 1. The molecule has 1 rings (SSSR count). The van der Waals surface area contributed by atoms with Crippen LogP contribution in [0.15, 0.2) is 12.4 Å². The van der Waals surface area contributed by atoms with Gasteiger partial charge in [0.05, 0.1) is 11.7 Å². The molecular weight excluding hydrogens is 198 g/mol. The van der Waals surface area contributed by atoms with E-state index in [0.29, 0.717) is 25.0 Å². The Hall–Kier alpha value is -0.800. The molecule has 1 N–H and O–H groups in total. The smallest absolute Gasteiger partial charge is 0.244 e. The van der Waals surface area contributed by atoms with Crippen molar-refractivity contribution in [1.29, 1.82) is 0 Å². The van der Waals surface area contributed by atoms with E-state index in [1.54, 1.807) is 0 Å². The second-order valence-corrected chi connectivity index (χ2v) is 4.62. The second kappa shape index (κ2) is 4.81. The standard InChI is InChI=1S/C11H20F2N2/c1-7(2)8(3)14-9(4)15-5-10(6-15)11(12)13/h7-8,10-11,14H,4-6H2,1-3H3/t8-/m1/s1. The van der Waals surface area contributed by atoms with Crippen LogP contribution in [0.4, 0.5) is 8.78 Å². The van der Waals surface area contributed by atoms with E-state index in [1.807, 2.05) is 4.90 Å². The van der Waals surface area contributed by atoms with Crippen LogP contribution in [0.1, 0.15) is 20.8 Å². The Morgan fingerprint density at radius 3 is 2.27 bits per heavy atom. The third kappa shape index (κ3) is 3.08. The van der Waals surface area contributed by atoms with E-state index >= 15 is 0 Å². The Morgan fingerprint density at radius 1 is 1.33 bits per heavy atom. The molecule has 0 aromatic rings. The van der Waals surface area contributed by atoms with Crippen LogP contribution in [0, 0.1) is 11.8 Å². The highest BCUT2D eigenvalue weighted by molar-refractivity contribution is 5.00. The topological polar surface area (TPSA) is 15.3 Å². The predicted molar refractivity (Wildman–Crippen MR) is 57.6 cm³/mol. The maximum absolute atomic E-state index is 12.2. The molecule has 4 heteroatoms. The van der Waals surface area contributed by atoms with E-state index in [0.717, 1.165) is 5.82 Å². The monoisotopic (exact) mass is 218 g/mol. The molecule has 1 atom stereocenters. The number of hydrogen-bond donors (Lipinski definition) is 1. The lowest BCUT2D eigenvalue weighted by Crippen LogP contribution is -2.52. The zero-order chi connectivity index (χ0) is 11.6. The minimum atomic E-state index is -2.20. The van der Waals surface area contributed by atoms with Gasteiger partial charge in [-0.05, 0) is 12.8 Å². The van der Waals surface area contributed by atoms with Gasteiger partial charge in [-0.1, -0.05) is 20.4 Å². The Kier molecular flexibility index (Phi) is 3.94. The lowest BCUT2D eigenvalue weighted by molar-refractivity contribution is -0.0117. The molecule has 0 saturated carbocycles. The van der Waals surface area contributed by atoms with E-state index < -0.39 is 12.3 Å². The van der Waals surface area contributed by atoms with Crippen molar-refractivity contribution < 1.29 is 8.78 Å². The number of likely N-dealkylation sites (tertiary alicyclic amines) is 1. The van der Waals surface area contributed by atoms with Crippen molar-refractivity contribution in [3.8, 4) is 0 Å². The van der Waals surface area contributed by atoms with Gasteiger partial charge >= 0.3 is 0 Å². The van der Waals surface area contributed by atoms with Crippen molar-refractivity contribution in [3.05, 3.63) is 12.4 Å². The number of alkyl halides is 2. The first-order chi connectivity index (χ1) is 6.91. The maximum Gasteiger partial charge on any atom is 0.244 e. The van der Waals surface area contributed by atoms with E-state index in [-0.39, 0.29) is 0 Å². The second-order valence-electron chi connectivity index (χ2n) is 4.62. The van der Waals surface area contributed by atoms with Gasteiger partial charge in [-0.3, -0.25) is 0 Å². The minimum absolute atomic E-state index is 0.322. The normalized spacial score (nSPS) is 19.3. The molecule has 0 aromatic carbocycles. The molecule has 1 heterocycles. The molecule has 88 valence electrons. The molecule has 1 aliphatic heterocycles. The van der Waals surface area contributed by atoms with Gasteiger partial charge in [0.25, 0.3) is 0 Å². The molecule has 2 nitrogen and oxygen atoms in total. The van der Waals surface area contributed by atoms with Crippen LogP contribution in [0.5, 0.6) is 0 Å². The van der Waals surface area contributed by atoms with Crippen molar-refractivity contribution in [1.82, 2.24) is 10.2 Å². The van der Waals surface area contributed by atoms with E-state index in [9.17, 15) is 8.78 Å². The van der Waals surface area contributed by atoms with Crippen LogP contribution in [-0.4, -0.2) is 30.5 Å². The Labute approximate surface area is 90.3 Å². The highest BCUT2D eigenvalue weighted by atomic mass is 19.3. The van der Waals surface area contributed by atoms with Crippen molar-refractivity contribution in [2.45, 2.75) is 33.2 Å². The summed E-state index contributed by atoms with van der Waals surface area (Å²) in [6.45, 7) is 11.0. The highest BCUT2D eigenvalue weighted by Crippen LogP contribution is 2.24. The fourth-order valence-corrected chi connectivity index (χ4v) is 1.41. The molecule has 0 aliphatic carbocycles. The fourth-order valence-electron chi connectivity index (χ4n) is 1.41. The highest BCUT2D eigenvalue weighted by Gasteiger charge is 2.34. The van der Waals surface area contributed by atoms with Crippen LogP contribution in [0.2, 0.25) is 0 Å². The fraction of sp³-hybridized carbons (Fsp3) is 0.818. The van der Waals surface area contributed by atoms with Crippen molar-refractivity contribution in [3.63, 3.8) is 0 Å². The average Bonchev–Trinajstić information content (AvgIpc) is 1.99. The van der Waals surface area contributed by atoms with Crippen LogP contribution < -0.4 is 5.32 Å². The number of nitrogens with zero attached hydrogens (tertiary/aromatic N) is 1. The van der Waals surface area contributed by atoms with Gasteiger partial charge in [-0.25, -0.2) is 8.78 Å². The minimum Gasteiger partial charge on any atom is -0.370 e. The first-order valence-corrected chi connectivity index (χ1v) is 5.40. The summed E-state index contributed by atoms with van der Waals surface area (Å²) in [5, 5.41) is 3.23. The molecular formula is C11H20F2N2. The summed E-state index contributed by atoms with van der Waals surface area (Å²) >= 11 is 0. The van der Waals surface area contributed by atoms with E-state index in [1.165, 1.54) is 0 Å². The zero-order valence-electron chi connectivity index (χ0n) is 9.63. The molecule has 0 amide bonds. The van der Waals surface area contributed by atoms with E-state index in [2.05, 4.69) is 32.7 Å². The van der Waals surface area contributed by atoms with Gasteiger partial charge in [0.1, 0.15) is 0 Å². The Bertz CT molecular complexity index is 223. The summed E-state index contributed by atoms with van der Waals surface area (Å²) in [6.07, 6.45) is -2.20. The number of halogens is 2. The molecule has 1 fully saturated rings. The van der Waals surface area contributed by atoms with Crippen LogP contribution in [-0.2, 0) is 0 Å². The van der Waals surface area contributed by atoms with Crippen LogP contribution >= 0.6 is 0 Å². The predicted octanol–water partition coefficient (Wildman–Crippen LogP) is 2.29. The first-order valence-electron chi connectivity index (χ1n) is 5.40. The van der Waals surface area contributed by atoms with Crippen molar-refractivity contribution in [2.24, 2.45) is 11.8 Å². The number of hydrogen-bond acceptors (Lipinski definition) is 2. The van der Waals surface area contributed by atoms with Gasteiger partial charge in [0.2, 0.25) is 6.43 Å². The van der Waals surface area contributed by atoms with Crippen LogP contribution in [0.3, 0.4) is 0 Å². The average molecular weight is 218 g/mol. The summed E-state index contributed by atoms with van der Waals surface area (Å²) in [6, 6.07) is 0.322. The molecule has 15 heavy (non-hydrogen) atoms. The number of rotatable bonds is 5. The lowest BCUT2D eigenvalue weighted by atomic mass is 10.0. The molecule has 0 radical (unpaired) electrons. The van der Waals surface area contributed by atoms with Crippen molar-refractivity contribution >= 4 is 0 Å². The Morgan fingerprint density at radius 2 is 1.87 bits per heavy atom. The first kappa shape index (κ1) is 12.3. The zero-order valence-corrected chi connectivity index (χ0v) is 9.63. The molecule has 0 bridgehead atoms. The van der Waals surface area contributed by atoms with Gasteiger partial charge in [0, 0.05) is 19.1 Å². The quantitative estimate of drug-likeness (QED) is 0.761. The summed E-state index contributed by atoms with van der Waals surface area (Å²) in [7, 11) is 0. The van der Waals surface area contributed by atoms with Crippen molar-refractivity contribution in [2.75, 3.05) is 13.1 Å². The molecule has 0 aromatic heterocycles. The van der Waals surface area contributed by atoms with Crippen LogP contribution in [0.25, 0.3) is 0 Å². The van der Waals surface area contributed by atoms with Gasteiger partial charge < -0.3 is 10.2 Å². The largest absolute Gasteiger partial charge is 0.370 e. The summed E-state index contributed by atoms with van der Waals surface area (Å²) in [5.41, 5.74) is 0. The summed E-state index contributed by atoms with van der Waals surface area (Å²) < 4.78 is 24.5.